The van der Waals surface area contributed by atoms with Crippen LogP contribution in [0.4, 0.5) is 21.6 Å². The summed E-state index contributed by atoms with van der Waals surface area (Å²) in [5.74, 6) is -0.638. The second-order valence-electron chi connectivity index (χ2n) is 11.7. The second kappa shape index (κ2) is 18.5. The van der Waals surface area contributed by atoms with Crippen molar-refractivity contribution in [3.05, 3.63) is 114 Å². The van der Waals surface area contributed by atoms with Gasteiger partial charge in [0, 0.05) is 71.5 Å². The summed E-state index contributed by atoms with van der Waals surface area (Å²) < 4.78 is 2.72. The third-order valence-corrected chi connectivity index (χ3v) is 11.1. The van der Waals surface area contributed by atoms with Crippen LogP contribution in [0.2, 0.25) is 0 Å². The van der Waals surface area contributed by atoms with Gasteiger partial charge in [-0.15, -0.1) is 43.1 Å². The molecule has 0 saturated heterocycles. The molecule has 6 aromatic rings. The number of benzene rings is 2. The Morgan fingerprint density at radius 2 is 1.09 bits per heavy atom. The summed E-state index contributed by atoms with van der Waals surface area (Å²) in [7, 11) is 0. The highest BCUT2D eigenvalue weighted by atomic mass is 32.2. The van der Waals surface area contributed by atoms with Crippen molar-refractivity contribution in [2.24, 2.45) is 0 Å². The van der Waals surface area contributed by atoms with E-state index in [4.69, 9.17) is 0 Å². The molecule has 0 spiro atoms. The summed E-state index contributed by atoms with van der Waals surface area (Å²) in [6, 6.07) is 10.4. The molecule has 4 N–H and O–H groups in total. The number of rotatable bonds is 17. The van der Waals surface area contributed by atoms with Gasteiger partial charge in [-0.3, -0.25) is 50.3 Å². The van der Waals surface area contributed by atoms with E-state index in [0.717, 1.165) is 12.1 Å². The maximum absolute atomic E-state index is 13.4. The molecule has 4 amide bonds. The predicted molar refractivity (Wildman–Crippen MR) is 214 cm³/mol. The van der Waals surface area contributed by atoms with E-state index in [1.54, 1.807) is 10.8 Å². The SMILES string of the molecule is CC(=O)Nc1nc(Cc2nnc(SCCSc3nnc(Cc4csc(NC(C)=O)n4)n3NC(=O)c3cccc([N+](=O)[O-])c3)n2NC(=O)c2cccc([N+](=O)[O-])c2)cs1. The number of anilines is 2. The molecule has 0 saturated carbocycles. The zero-order valence-electron chi connectivity index (χ0n) is 30.0. The van der Waals surface area contributed by atoms with Crippen LogP contribution in [0.5, 0.6) is 0 Å². The Bertz CT molecular complexity index is 2360. The Morgan fingerprint density at radius 3 is 1.47 bits per heavy atom. The van der Waals surface area contributed by atoms with Gasteiger partial charge in [0.1, 0.15) is 0 Å². The first-order chi connectivity index (χ1) is 27.8. The number of carbonyl (C=O) groups excluding carboxylic acids is 4. The van der Waals surface area contributed by atoms with Gasteiger partial charge in [0.2, 0.25) is 22.1 Å². The Balaban J connectivity index is 1.20. The topological polar surface area (TPSA) is 290 Å². The van der Waals surface area contributed by atoms with Gasteiger partial charge in [-0.2, -0.15) is 0 Å². The van der Waals surface area contributed by atoms with E-state index in [1.807, 2.05) is 0 Å². The van der Waals surface area contributed by atoms with Gasteiger partial charge >= 0.3 is 0 Å². The molecule has 4 aromatic heterocycles. The van der Waals surface area contributed by atoms with E-state index in [2.05, 4.69) is 51.8 Å². The molecule has 0 aliphatic rings. The lowest BCUT2D eigenvalue weighted by Crippen LogP contribution is -2.26. The summed E-state index contributed by atoms with van der Waals surface area (Å²) >= 11 is 4.84. The molecule has 0 aliphatic carbocycles. The van der Waals surface area contributed by atoms with Crippen LogP contribution in [0.3, 0.4) is 0 Å². The van der Waals surface area contributed by atoms with Crippen molar-refractivity contribution in [1.82, 2.24) is 39.7 Å². The van der Waals surface area contributed by atoms with Crippen molar-refractivity contribution in [2.75, 3.05) is 33.0 Å². The summed E-state index contributed by atoms with van der Waals surface area (Å²) in [5.41, 5.74) is 6.01. The zero-order valence-corrected chi connectivity index (χ0v) is 33.2. The van der Waals surface area contributed by atoms with E-state index in [1.165, 1.54) is 106 Å². The molecule has 58 heavy (non-hydrogen) atoms. The molecule has 0 fully saturated rings. The van der Waals surface area contributed by atoms with Gasteiger partial charge in [-0.1, -0.05) is 35.7 Å². The van der Waals surface area contributed by atoms with Crippen molar-refractivity contribution >= 4 is 91.5 Å². The predicted octanol–water partition coefficient (Wildman–Crippen LogP) is 4.35. The Morgan fingerprint density at radius 1 is 0.672 bits per heavy atom. The van der Waals surface area contributed by atoms with Crippen LogP contribution in [0.1, 0.15) is 57.6 Å². The molecule has 0 aliphatic heterocycles. The number of hydrogen-bond acceptors (Lipinski definition) is 18. The lowest BCUT2D eigenvalue weighted by Gasteiger charge is -2.12. The van der Waals surface area contributed by atoms with E-state index in [9.17, 15) is 39.4 Å². The minimum atomic E-state index is -0.664. The molecule has 4 heterocycles. The fourth-order valence-corrected chi connectivity index (χ4v) is 8.18. The number of nitro benzene ring substituents is 2. The summed E-state index contributed by atoms with van der Waals surface area (Å²) in [5, 5.41) is 49.7. The molecule has 0 atom stereocenters. The van der Waals surface area contributed by atoms with Crippen molar-refractivity contribution in [2.45, 2.75) is 37.0 Å². The molecule has 0 unspecified atom stereocenters. The minimum Gasteiger partial charge on any atom is -0.302 e. The largest absolute Gasteiger partial charge is 0.302 e. The Hall–Kier alpha value is -6.64. The number of aromatic nitrogens is 8. The molecule has 26 heteroatoms. The number of thioether (sulfide) groups is 2. The molecule has 0 bridgehead atoms. The molecule has 22 nitrogen and oxygen atoms in total. The third-order valence-electron chi connectivity index (χ3n) is 7.36. The first-order valence-corrected chi connectivity index (χ1v) is 20.3. The fourth-order valence-electron chi connectivity index (χ4n) is 4.88. The van der Waals surface area contributed by atoms with Gasteiger partial charge in [0.05, 0.1) is 34.1 Å². The summed E-state index contributed by atoms with van der Waals surface area (Å²) in [4.78, 5) is 80.0. The normalized spacial score (nSPS) is 10.9. The van der Waals surface area contributed by atoms with Gasteiger partial charge in [-0.05, 0) is 12.1 Å². The highest BCUT2D eigenvalue weighted by Gasteiger charge is 2.22. The van der Waals surface area contributed by atoms with Crippen molar-refractivity contribution in [3.8, 4) is 0 Å². The third kappa shape index (κ3) is 10.6. The molecule has 6 rings (SSSR count). The average molecular weight is 865 g/mol. The van der Waals surface area contributed by atoms with Gasteiger partial charge < -0.3 is 10.6 Å². The quantitative estimate of drug-likeness (QED) is 0.0429. The van der Waals surface area contributed by atoms with Crippen molar-refractivity contribution in [3.63, 3.8) is 0 Å². The smallest absolute Gasteiger partial charge is 0.270 e. The van der Waals surface area contributed by atoms with E-state index in [0.29, 0.717) is 33.2 Å². The number of thiazole rings is 2. The van der Waals surface area contributed by atoms with Gasteiger partial charge in [0.25, 0.3) is 23.2 Å². The Kier molecular flexibility index (Phi) is 13.1. The number of non-ortho nitro benzene ring substituents is 2. The van der Waals surface area contributed by atoms with Crippen LogP contribution in [0, 0.1) is 20.2 Å². The molecular formula is C32H28N14O8S4. The Labute approximate surface area is 342 Å². The fraction of sp³-hybridized carbons (Fsp3) is 0.188. The van der Waals surface area contributed by atoms with Crippen LogP contribution >= 0.6 is 46.2 Å². The number of hydrogen-bond donors (Lipinski definition) is 4. The lowest BCUT2D eigenvalue weighted by molar-refractivity contribution is -0.385. The van der Waals surface area contributed by atoms with Crippen LogP contribution in [0.25, 0.3) is 0 Å². The van der Waals surface area contributed by atoms with Crippen LogP contribution in [-0.4, -0.2) is 84.7 Å². The van der Waals surface area contributed by atoms with E-state index < -0.39 is 21.7 Å². The van der Waals surface area contributed by atoms with Crippen molar-refractivity contribution < 1.29 is 29.0 Å². The van der Waals surface area contributed by atoms with Gasteiger partial charge in [0.15, 0.2) is 21.9 Å². The lowest BCUT2D eigenvalue weighted by atomic mass is 10.2. The average Bonchev–Trinajstić information content (AvgIpc) is 3.99. The minimum absolute atomic E-state index is 0.0215. The first kappa shape index (κ1) is 41.0. The standard InChI is InChI=1S/C32H28N14O8S4/c1-17(47)33-29-35-21(15-57-29)13-25-37-39-31(43(25)41-27(49)19-5-3-7-23(11-19)45(51)52)55-9-10-56-32-40-38-26(14-22-16-58-30(36-22)34-18(2)48)44(32)42-28(50)20-6-4-8-24(12-20)46(53)54/h3-8,11-12,15-16H,9-10,13-14H2,1-2H3,(H,41,49)(H,42,50)(H,33,35,47)(H,34,36,48). The van der Waals surface area contributed by atoms with Gasteiger partial charge in [-0.25, -0.2) is 19.3 Å². The van der Waals surface area contributed by atoms with E-state index >= 15 is 0 Å². The molecule has 298 valence electrons. The highest BCUT2D eigenvalue weighted by molar-refractivity contribution is 8.02. The zero-order chi connectivity index (χ0) is 41.3. The van der Waals surface area contributed by atoms with Crippen LogP contribution < -0.4 is 21.5 Å². The summed E-state index contributed by atoms with van der Waals surface area (Å²) in [6.07, 6.45) is 0.212. The van der Waals surface area contributed by atoms with Crippen LogP contribution in [0.15, 0.2) is 69.6 Å². The second-order valence-corrected chi connectivity index (χ2v) is 15.5. The molecule has 0 radical (unpaired) electrons. The first-order valence-electron chi connectivity index (χ1n) is 16.5. The number of carbonyl (C=O) groups is 4. The molecular weight excluding hydrogens is 837 g/mol. The monoisotopic (exact) mass is 864 g/mol. The van der Waals surface area contributed by atoms with Crippen LogP contribution in [-0.2, 0) is 22.4 Å². The number of nitrogens with zero attached hydrogens (tertiary/aromatic N) is 10. The molecule has 2 aromatic carbocycles. The highest BCUT2D eigenvalue weighted by Crippen LogP contribution is 2.26. The van der Waals surface area contributed by atoms with E-state index in [-0.39, 0.29) is 69.1 Å². The maximum atomic E-state index is 13.4. The summed E-state index contributed by atoms with van der Waals surface area (Å²) in [6.45, 7) is 2.72. The number of amides is 4. The number of nitro groups is 2. The maximum Gasteiger partial charge on any atom is 0.270 e. The van der Waals surface area contributed by atoms with Crippen molar-refractivity contribution in [1.29, 1.82) is 0 Å². The number of nitrogens with one attached hydrogen (secondary N) is 4.